The first-order chi connectivity index (χ1) is 9.93. The lowest BCUT2D eigenvalue weighted by atomic mass is 10.4. The van der Waals surface area contributed by atoms with E-state index in [0.717, 1.165) is 11.3 Å². The number of hydrogen-bond donors (Lipinski definition) is 1. The smallest absolute Gasteiger partial charge is 0.239 e. The van der Waals surface area contributed by atoms with Crippen LogP contribution in [0.1, 0.15) is 13.3 Å². The molecule has 21 heavy (non-hydrogen) atoms. The molecule has 0 aliphatic heterocycles. The predicted molar refractivity (Wildman–Crippen MR) is 88.1 cm³/mol. The molecule has 7 heteroatoms. The average molecular weight is 349 g/mol. The number of carbonyl (C=O) groups excluding carboxylic acids is 2. The van der Waals surface area contributed by atoms with Crippen LogP contribution in [-0.2, 0) is 9.59 Å². The molecule has 1 rings (SSSR count). The van der Waals surface area contributed by atoms with Crippen molar-refractivity contribution in [2.24, 2.45) is 0 Å². The number of thioether (sulfide) groups is 1. The maximum absolute atomic E-state index is 12.0. The van der Waals surface area contributed by atoms with Gasteiger partial charge in [-0.25, -0.2) is 0 Å². The predicted octanol–water partition coefficient (Wildman–Crippen LogP) is 3.07. The summed E-state index contributed by atoms with van der Waals surface area (Å²) in [5.41, 5.74) is 0. The molecule has 0 saturated carbocycles. The Morgan fingerprint density at radius 3 is 2.71 bits per heavy atom. The lowest BCUT2D eigenvalue weighted by molar-refractivity contribution is -0.132. The Morgan fingerprint density at radius 2 is 2.05 bits per heavy atom. The maximum Gasteiger partial charge on any atom is 0.239 e. The second-order valence-electron chi connectivity index (χ2n) is 4.46. The number of likely N-dealkylation sites (N-methyl/N-ethyl adjacent to an activating group) is 1. The van der Waals surface area contributed by atoms with E-state index in [1.54, 1.807) is 25.2 Å². The molecule has 116 valence electrons. The van der Waals surface area contributed by atoms with Gasteiger partial charge in [0.1, 0.15) is 0 Å². The van der Waals surface area contributed by atoms with Crippen molar-refractivity contribution in [2.45, 2.75) is 18.2 Å². The quantitative estimate of drug-likeness (QED) is 0.770. The van der Waals surface area contributed by atoms with Crippen molar-refractivity contribution in [1.82, 2.24) is 10.2 Å². The molecule has 0 atom stereocenters. The molecule has 4 nitrogen and oxygen atoms in total. The summed E-state index contributed by atoms with van der Waals surface area (Å²) in [6.07, 6.45) is 0.868. The molecule has 0 fully saturated rings. The fraction of sp³-hybridized carbons (Fsp3) is 0.429. The van der Waals surface area contributed by atoms with E-state index in [9.17, 15) is 9.59 Å². The van der Waals surface area contributed by atoms with Gasteiger partial charge in [-0.2, -0.15) is 0 Å². The van der Waals surface area contributed by atoms with Gasteiger partial charge in [0.25, 0.3) is 0 Å². The maximum atomic E-state index is 12.0. The fourth-order valence-electron chi connectivity index (χ4n) is 1.46. The van der Waals surface area contributed by atoms with Gasteiger partial charge in [0.15, 0.2) is 0 Å². The van der Waals surface area contributed by atoms with Crippen molar-refractivity contribution in [3.05, 3.63) is 28.2 Å². The van der Waals surface area contributed by atoms with Crippen LogP contribution in [0.25, 0.3) is 0 Å². The molecular formula is C14H18Cl2N2O2S. The van der Waals surface area contributed by atoms with Crippen LogP contribution in [0.4, 0.5) is 0 Å². The monoisotopic (exact) mass is 348 g/mol. The number of amides is 2. The van der Waals surface area contributed by atoms with Crippen LogP contribution in [0.5, 0.6) is 0 Å². The van der Waals surface area contributed by atoms with Crippen molar-refractivity contribution in [1.29, 1.82) is 0 Å². The van der Waals surface area contributed by atoms with Crippen molar-refractivity contribution in [3.8, 4) is 0 Å². The normalized spacial score (nSPS) is 10.3. The number of nitrogens with zero attached hydrogens (tertiary/aromatic N) is 1. The summed E-state index contributed by atoms with van der Waals surface area (Å²) in [6.45, 7) is 2.65. The minimum atomic E-state index is -0.154. The molecule has 1 N–H and O–H groups in total. The number of nitrogens with one attached hydrogen (secondary N) is 1. The molecule has 0 radical (unpaired) electrons. The molecule has 2 amide bonds. The minimum absolute atomic E-state index is 0.0582. The summed E-state index contributed by atoms with van der Waals surface area (Å²) in [7, 11) is 1.61. The highest BCUT2D eigenvalue weighted by Gasteiger charge is 2.13. The number of hydrogen-bond acceptors (Lipinski definition) is 3. The highest BCUT2D eigenvalue weighted by Crippen LogP contribution is 2.29. The van der Waals surface area contributed by atoms with E-state index >= 15 is 0 Å². The van der Waals surface area contributed by atoms with Gasteiger partial charge in [-0.1, -0.05) is 30.1 Å². The molecule has 0 aromatic heterocycles. The molecule has 0 unspecified atom stereocenters. The van der Waals surface area contributed by atoms with Gasteiger partial charge in [-0.3, -0.25) is 9.59 Å². The van der Waals surface area contributed by atoms with Gasteiger partial charge in [-0.15, -0.1) is 11.8 Å². The molecule has 1 aromatic carbocycles. The topological polar surface area (TPSA) is 49.4 Å². The molecular weight excluding hydrogens is 331 g/mol. The Morgan fingerprint density at radius 1 is 1.33 bits per heavy atom. The summed E-state index contributed by atoms with van der Waals surface area (Å²) < 4.78 is 0. The van der Waals surface area contributed by atoms with E-state index in [1.165, 1.54) is 16.7 Å². The number of benzene rings is 1. The van der Waals surface area contributed by atoms with Gasteiger partial charge >= 0.3 is 0 Å². The third kappa shape index (κ3) is 6.59. The third-order valence-corrected chi connectivity index (χ3v) is 4.34. The summed E-state index contributed by atoms with van der Waals surface area (Å²) in [5.74, 6) is -0.0846. The standard InChI is InChI=1S/C14H18Cl2N2O2S/c1-3-6-17-13(19)8-18(2)14(20)9-21-12-7-10(15)4-5-11(12)16/h4-5,7H,3,6,8-9H2,1-2H3,(H,17,19). The van der Waals surface area contributed by atoms with E-state index in [1.807, 2.05) is 6.92 Å². The zero-order valence-electron chi connectivity index (χ0n) is 12.0. The van der Waals surface area contributed by atoms with Crippen LogP contribution in [0.3, 0.4) is 0 Å². The van der Waals surface area contributed by atoms with Crippen LogP contribution >= 0.6 is 35.0 Å². The molecule has 0 bridgehead atoms. The molecule has 0 spiro atoms. The number of carbonyl (C=O) groups is 2. The van der Waals surface area contributed by atoms with Gasteiger partial charge in [0.05, 0.1) is 17.3 Å². The molecule has 0 heterocycles. The molecule has 0 aliphatic carbocycles. The van der Waals surface area contributed by atoms with Gasteiger partial charge in [-0.05, 0) is 24.6 Å². The van der Waals surface area contributed by atoms with Crippen molar-refractivity contribution in [3.63, 3.8) is 0 Å². The second kappa shape index (κ2) is 9.18. The average Bonchev–Trinajstić information content (AvgIpc) is 2.45. The van der Waals surface area contributed by atoms with E-state index in [0.29, 0.717) is 16.6 Å². The van der Waals surface area contributed by atoms with Gasteiger partial charge in [0.2, 0.25) is 11.8 Å². The molecule has 1 aromatic rings. The fourth-order valence-corrected chi connectivity index (χ4v) is 2.90. The van der Waals surface area contributed by atoms with E-state index in [2.05, 4.69) is 5.32 Å². The summed E-state index contributed by atoms with van der Waals surface area (Å²) >= 11 is 13.2. The zero-order valence-corrected chi connectivity index (χ0v) is 14.3. The number of rotatable bonds is 7. The summed E-state index contributed by atoms with van der Waals surface area (Å²) in [4.78, 5) is 25.7. The van der Waals surface area contributed by atoms with Crippen molar-refractivity contribution >= 4 is 46.8 Å². The van der Waals surface area contributed by atoms with E-state index in [-0.39, 0.29) is 24.1 Å². The van der Waals surface area contributed by atoms with Crippen molar-refractivity contribution in [2.75, 3.05) is 25.9 Å². The van der Waals surface area contributed by atoms with E-state index < -0.39 is 0 Å². The first-order valence-corrected chi connectivity index (χ1v) is 8.26. The first-order valence-electron chi connectivity index (χ1n) is 6.52. The van der Waals surface area contributed by atoms with Crippen molar-refractivity contribution < 1.29 is 9.59 Å². The van der Waals surface area contributed by atoms with Gasteiger partial charge in [0, 0.05) is 23.5 Å². The van der Waals surface area contributed by atoms with E-state index in [4.69, 9.17) is 23.2 Å². The molecule has 0 saturated heterocycles. The van der Waals surface area contributed by atoms with Crippen LogP contribution in [-0.4, -0.2) is 42.6 Å². The van der Waals surface area contributed by atoms with Crippen LogP contribution in [0.15, 0.2) is 23.1 Å². The number of halogens is 2. The Balaban J connectivity index is 2.45. The van der Waals surface area contributed by atoms with Crippen LogP contribution in [0.2, 0.25) is 10.0 Å². The first kappa shape index (κ1) is 18.1. The molecule has 0 aliphatic rings. The largest absolute Gasteiger partial charge is 0.355 e. The lowest BCUT2D eigenvalue weighted by Gasteiger charge is -2.16. The minimum Gasteiger partial charge on any atom is -0.355 e. The Labute approximate surface area is 139 Å². The van der Waals surface area contributed by atoms with Crippen LogP contribution < -0.4 is 5.32 Å². The lowest BCUT2D eigenvalue weighted by Crippen LogP contribution is -2.39. The highest BCUT2D eigenvalue weighted by atomic mass is 35.5. The Kier molecular flexibility index (Phi) is 7.93. The van der Waals surface area contributed by atoms with Crippen LogP contribution in [0, 0.1) is 0 Å². The Bertz CT molecular complexity index is 512. The summed E-state index contributed by atoms with van der Waals surface area (Å²) in [6, 6.07) is 5.11. The van der Waals surface area contributed by atoms with Gasteiger partial charge < -0.3 is 10.2 Å². The highest BCUT2D eigenvalue weighted by molar-refractivity contribution is 8.00. The summed E-state index contributed by atoms with van der Waals surface area (Å²) in [5, 5.41) is 3.86. The zero-order chi connectivity index (χ0) is 15.8. The Hall–Kier alpha value is -0.910. The SMILES string of the molecule is CCCNC(=O)CN(C)C(=O)CSc1cc(Cl)ccc1Cl. The second-order valence-corrected chi connectivity index (χ2v) is 6.32. The third-order valence-electron chi connectivity index (χ3n) is 2.62.